The van der Waals surface area contributed by atoms with E-state index in [1.54, 1.807) is 19.2 Å². The van der Waals surface area contributed by atoms with Gasteiger partial charge >= 0.3 is 0 Å². The minimum absolute atomic E-state index is 0.0217. The summed E-state index contributed by atoms with van der Waals surface area (Å²) in [4.78, 5) is 14.6. The van der Waals surface area contributed by atoms with Gasteiger partial charge in [0.2, 0.25) is 0 Å². The Labute approximate surface area is 156 Å². The van der Waals surface area contributed by atoms with Crippen molar-refractivity contribution < 1.29 is 9.53 Å². The van der Waals surface area contributed by atoms with Crippen LogP contribution < -0.4 is 10.1 Å². The molecule has 1 fully saturated rings. The highest BCUT2D eigenvalue weighted by molar-refractivity contribution is 5.94. The first-order valence-electron chi connectivity index (χ1n) is 9.43. The first-order chi connectivity index (χ1) is 12.7. The van der Waals surface area contributed by atoms with Gasteiger partial charge < -0.3 is 15.0 Å². The molecule has 1 aliphatic rings. The van der Waals surface area contributed by atoms with E-state index in [0.29, 0.717) is 12.1 Å². The van der Waals surface area contributed by atoms with E-state index >= 15 is 0 Å². The van der Waals surface area contributed by atoms with Crippen LogP contribution in [0.15, 0.2) is 54.6 Å². The van der Waals surface area contributed by atoms with Crippen LogP contribution in [0.3, 0.4) is 0 Å². The Bertz CT molecular complexity index is 677. The molecule has 0 bridgehead atoms. The molecule has 0 unspecified atom stereocenters. The van der Waals surface area contributed by atoms with E-state index in [4.69, 9.17) is 4.74 Å². The van der Waals surface area contributed by atoms with Crippen LogP contribution in [0.2, 0.25) is 0 Å². The number of amides is 1. The van der Waals surface area contributed by atoms with Gasteiger partial charge in [-0.3, -0.25) is 4.79 Å². The Morgan fingerprint density at radius 3 is 2.42 bits per heavy atom. The molecular formula is C22H28N2O2. The molecule has 0 aromatic heterocycles. The fraction of sp³-hybridized carbons (Fsp3) is 0.409. The number of carbonyl (C=O) groups excluding carboxylic acids is 1. The van der Waals surface area contributed by atoms with Crippen molar-refractivity contribution in [3.8, 4) is 5.75 Å². The number of carbonyl (C=O) groups is 1. The third kappa shape index (κ3) is 5.33. The van der Waals surface area contributed by atoms with Gasteiger partial charge in [0.1, 0.15) is 5.75 Å². The molecule has 1 aliphatic heterocycles. The largest absolute Gasteiger partial charge is 0.497 e. The van der Waals surface area contributed by atoms with Crippen molar-refractivity contribution >= 4 is 5.91 Å². The Hall–Kier alpha value is -2.33. The van der Waals surface area contributed by atoms with Gasteiger partial charge in [-0.2, -0.15) is 0 Å². The second-order valence-corrected chi connectivity index (χ2v) is 6.96. The van der Waals surface area contributed by atoms with Gasteiger partial charge in [-0.25, -0.2) is 0 Å². The topological polar surface area (TPSA) is 41.6 Å². The second-order valence-electron chi connectivity index (χ2n) is 6.96. The molecule has 2 aromatic carbocycles. The van der Waals surface area contributed by atoms with Crippen LogP contribution in [-0.2, 0) is 6.42 Å². The molecule has 4 nitrogen and oxygen atoms in total. The highest BCUT2D eigenvalue weighted by Crippen LogP contribution is 2.21. The standard InChI is InChI=1S/C22H28N2O2/c1-26-21-9-7-20(8-10-21)22(25)23-13-16-24-14-11-19(12-15-24)17-18-5-3-2-4-6-18/h2-10,19H,11-17H2,1H3,(H,23,25). The maximum atomic E-state index is 12.2. The lowest BCUT2D eigenvalue weighted by atomic mass is 9.90. The van der Waals surface area contributed by atoms with Crippen LogP contribution in [0.1, 0.15) is 28.8 Å². The summed E-state index contributed by atoms with van der Waals surface area (Å²) in [5.74, 6) is 1.52. The van der Waals surface area contributed by atoms with Crippen LogP contribution in [0.25, 0.3) is 0 Å². The molecule has 0 radical (unpaired) electrons. The highest BCUT2D eigenvalue weighted by atomic mass is 16.5. The summed E-state index contributed by atoms with van der Waals surface area (Å²) in [6, 6.07) is 18.0. The normalized spacial score (nSPS) is 15.6. The lowest BCUT2D eigenvalue weighted by Crippen LogP contribution is -2.39. The van der Waals surface area contributed by atoms with E-state index < -0.39 is 0 Å². The van der Waals surface area contributed by atoms with E-state index in [2.05, 4.69) is 40.5 Å². The van der Waals surface area contributed by atoms with E-state index in [1.807, 2.05) is 12.1 Å². The molecule has 0 atom stereocenters. The lowest BCUT2D eigenvalue weighted by molar-refractivity contribution is 0.0944. The Kier molecular flexibility index (Phi) is 6.67. The third-order valence-electron chi connectivity index (χ3n) is 5.14. The second kappa shape index (κ2) is 9.39. The molecule has 2 aromatic rings. The van der Waals surface area contributed by atoms with Gasteiger partial charge in [-0.05, 0) is 68.1 Å². The van der Waals surface area contributed by atoms with Gasteiger partial charge in [0, 0.05) is 18.7 Å². The van der Waals surface area contributed by atoms with Crippen molar-refractivity contribution in [2.75, 3.05) is 33.3 Å². The SMILES string of the molecule is COc1ccc(C(=O)NCCN2CCC(Cc3ccccc3)CC2)cc1. The van der Waals surface area contributed by atoms with Crippen molar-refractivity contribution in [1.29, 1.82) is 0 Å². The number of nitrogens with one attached hydrogen (secondary N) is 1. The van der Waals surface area contributed by atoms with Crippen molar-refractivity contribution in [3.63, 3.8) is 0 Å². The zero-order valence-electron chi connectivity index (χ0n) is 15.5. The summed E-state index contributed by atoms with van der Waals surface area (Å²) in [5, 5.41) is 3.01. The number of ether oxygens (including phenoxy) is 1. The van der Waals surface area contributed by atoms with E-state index in [1.165, 1.54) is 24.8 Å². The molecule has 138 valence electrons. The number of methoxy groups -OCH3 is 1. The van der Waals surface area contributed by atoms with Gasteiger partial charge in [0.05, 0.1) is 7.11 Å². The Morgan fingerprint density at radius 2 is 1.77 bits per heavy atom. The summed E-state index contributed by atoms with van der Waals surface area (Å²) >= 11 is 0. The molecular weight excluding hydrogens is 324 g/mol. The van der Waals surface area contributed by atoms with E-state index in [-0.39, 0.29) is 5.91 Å². The number of hydrogen-bond acceptors (Lipinski definition) is 3. The van der Waals surface area contributed by atoms with E-state index in [9.17, 15) is 4.79 Å². The van der Waals surface area contributed by atoms with Crippen molar-refractivity contribution in [3.05, 3.63) is 65.7 Å². The number of nitrogens with zero attached hydrogens (tertiary/aromatic N) is 1. The van der Waals surface area contributed by atoms with Crippen LogP contribution in [0.4, 0.5) is 0 Å². The Morgan fingerprint density at radius 1 is 1.08 bits per heavy atom. The molecule has 4 heteroatoms. The molecule has 0 aliphatic carbocycles. The molecule has 3 rings (SSSR count). The quantitative estimate of drug-likeness (QED) is 0.831. The number of rotatable bonds is 7. The maximum Gasteiger partial charge on any atom is 0.251 e. The van der Waals surface area contributed by atoms with Crippen LogP contribution in [0.5, 0.6) is 5.75 Å². The Balaban J connectivity index is 1.35. The number of likely N-dealkylation sites (tertiary alicyclic amines) is 1. The zero-order valence-corrected chi connectivity index (χ0v) is 15.5. The number of hydrogen-bond donors (Lipinski definition) is 1. The molecule has 26 heavy (non-hydrogen) atoms. The van der Waals surface area contributed by atoms with E-state index in [0.717, 1.165) is 31.3 Å². The van der Waals surface area contributed by atoms with Gasteiger partial charge in [-0.15, -0.1) is 0 Å². The minimum Gasteiger partial charge on any atom is -0.497 e. The average Bonchev–Trinajstić information content (AvgIpc) is 2.70. The average molecular weight is 352 g/mol. The summed E-state index contributed by atoms with van der Waals surface area (Å²) in [7, 11) is 1.62. The fourth-order valence-corrected chi connectivity index (χ4v) is 3.53. The fourth-order valence-electron chi connectivity index (χ4n) is 3.53. The lowest BCUT2D eigenvalue weighted by Gasteiger charge is -2.32. The van der Waals surface area contributed by atoms with Crippen molar-refractivity contribution in [2.24, 2.45) is 5.92 Å². The highest BCUT2D eigenvalue weighted by Gasteiger charge is 2.19. The van der Waals surface area contributed by atoms with Crippen LogP contribution >= 0.6 is 0 Å². The predicted octanol–water partition coefficient (Wildman–Crippen LogP) is 3.38. The summed E-state index contributed by atoms with van der Waals surface area (Å²) in [6.45, 7) is 3.85. The number of piperidine rings is 1. The zero-order chi connectivity index (χ0) is 18.2. The number of benzene rings is 2. The molecule has 1 saturated heterocycles. The van der Waals surface area contributed by atoms with Crippen molar-refractivity contribution in [1.82, 2.24) is 10.2 Å². The van der Waals surface area contributed by atoms with Crippen molar-refractivity contribution in [2.45, 2.75) is 19.3 Å². The smallest absolute Gasteiger partial charge is 0.251 e. The molecule has 1 N–H and O–H groups in total. The first kappa shape index (κ1) is 18.5. The minimum atomic E-state index is -0.0217. The van der Waals surface area contributed by atoms with Gasteiger partial charge in [-0.1, -0.05) is 30.3 Å². The predicted molar refractivity (Wildman–Crippen MR) is 105 cm³/mol. The first-order valence-corrected chi connectivity index (χ1v) is 9.43. The van der Waals surface area contributed by atoms with Crippen LogP contribution in [-0.4, -0.2) is 44.1 Å². The molecule has 0 saturated carbocycles. The third-order valence-corrected chi connectivity index (χ3v) is 5.14. The molecule has 0 spiro atoms. The maximum absolute atomic E-state index is 12.2. The van der Waals surface area contributed by atoms with Crippen LogP contribution in [0, 0.1) is 5.92 Å². The molecule has 1 heterocycles. The molecule has 1 amide bonds. The van der Waals surface area contributed by atoms with Gasteiger partial charge in [0.15, 0.2) is 0 Å². The summed E-state index contributed by atoms with van der Waals surface area (Å²) in [6.07, 6.45) is 3.66. The summed E-state index contributed by atoms with van der Waals surface area (Å²) in [5.41, 5.74) is 2.12. The summed E-state index contributed by atoms with van der Waals surface area (Å²) < 4.78 is 5.12. The van der Waals surface area contributed by atoms with Gasteiger partial charge in [0.25, 0.3) is 5.91 Å². The monoisotopic (exact) mass is 352 g/mol.